The van der Waals surface area contributed by atoms with Gasteiger partial charge in [-0.1, -0.05) is 6.92 Å². The Hall–Kier alpha value is -0.610. The van der Waals surface area contributed by atoms with E-state index in [1.54, 1.807) is 0 Å². The highest BCUT2D eigenvalue weighted by Gasteiger charge is 2.16. The largest absolute Gasteiger partial charge is 0.481 e. The van der Waals surface area contributed by atoms with Crippen molar-refractivity contribution in [3.63, 3.8) is 0 Å². The topological polar surface area (TPSA) is 55.8 Å². The molecule has 0 fully saturated rings. The summed E-state index contributed by atoms with van der Waals surface area (Å²) in [6.07, 6.45) is 0.792. The Morgan fingerprint density at radius 3 is 2.50 bits per heavy atom. The van der Waals surface area contributed by atoms with Crippen LogP contribution in [-0.4, -0.2) is 23.3 Å². The Morgan fingerprint density at radius 2 is 2.08 bits per heavy atom. The van der Waals surface area contributed by atoms with Crippen molar-refractivity contribution >= 4 is 5.97 Å². The molecular weight excluding hydrogens is 160 g/mol. The van der Waals surface area contributed by atoms with Gasteiger partial charge in [0.05, 0.1) is 18.6 Å². The molecule has 0 bridgehead atoms. The number of carboxylic acids is 1. The molecular formula is C8H16O4. The summed E-state index contributed by atoms with van der Waals surface area (Å²) in [5.74, 6) is -0.882. The van der Waals surface area contributed by atoms with Crippen LogP contribution in [0, 0.1) is 0 Å². The summed E-state index contributed by atoms with van der Waals surface area (Å²) in [6.45, 7) is 5.83. The van der Waals surface area contributed by atoms with Crippen LogP contribution in [-0.2, 0) is 14.6 Å². The van der Waals surface area contributed by atoms with E-state index in [1.807, 2.05) is 20.8 Å². The van der Waals surface area contributed by atoms with Crippen molar-refractivity contribution in [2.45, 2.75) is 39.2 Å². The summed E-state index contributed by atoms with van der Waals surface area (Å²) in [5, 5.41) is 8.26. The molecule has 4 heteroatoms. The molecule has 0 aromatic heterocycles. The van der Waals surface area contributed by atoms with Crippen LogP contribution in [0.4, 0.5) is 0 Å². The van der Waals surface area contributed by atoms with Gasteiger partial charge in [-0.15, -0.1) is 0 Å². The van der Waals surface area contributed by atoms with E-state index in [9.17, 15) is 4.79 Å². The molecule has 0 rings (SSSR count). The van der Waals surface area contributed by atoms with Crippen LogP contribution >= 0.6 is 0 Å². The van der Waals surface area contributed by atoms with Crippen molar-refractivity contribution in [2.24, 2.45) is 0 Å². The van der Waals surface area contributed by atoms with Gasteiger partial charge in [0.2, 0.25) is 0 Å². The second-order valence-electron chi connectivity index (χ2n) is 3.16. The second-order valence-corrected chi connectivity index (χ2v) is 3.16. The molecule has 0 aliphatic carbocycles. The highest BCUT2D eigenvalue weighted by Crippen LogP contribution is 2.13. The molecule has 0 aromatic carbocycles. The Labute approximate surface area is 72.4 Å². The average Bonchev–Trinajstić information content (AvgIpc) is 1.98. The summed E-state index contributed by atoms with van der Waals surface area (Å²) in [5.41, 5.74) is -0.335. The van der Waals surface area contributed by atoms with Gasteiger partial charge in [-0.05, 0) is 20.3 Å². The van der Waals surface area contributed by atoms with Gasteiger partial charge in [0.1, 0.15) is 0 Å². The number of aliphatic carboxylic acids is 1. The molecule has 0 amide bonds. The van der Waals surface area contributed by atoms with Crippen LogP contribution in [0.25, 0.3) is 0 Å². The van der Waals surface area contributed by atoms with Crippen molar-refractivity contribution in [1.82, 2.24) is 0 Å². The Kier molecular flexibility index (Phi) is 4.85. The summed E-state index contributed by atoms with van der Waals surface area (Å²) >= 11 is 0. The van der Waals surface area contributed by atoms with Gasteiger partial charge in [0.15, 0.2) is 0 Å². The quantitative estimate of drug-likeness (QED) is 0.379. The van der Waals surface area contributed by atoms with Crippen molar-refractivity contribution < 1.29 is 19.7 Å². The van der Waals surface area contributed by atoms with Crippen molar-refractivity contribution in [3.8, 4) is 0 Å². The lowest BCUT2D eigenvalue weighted by Crippen LogP contribution is -2.23. The summed E-state index contributed by atoms with van der Waals surface area (Å²) in [6, 6.07) is 0. The molecule has 0 unspecified atom stereocenters. The maximum atomic E-state index is 10.1. The van der Waals surface area contributed by atoms with E-state index in [2.05, 4.69) is 0 Å². The molecule has 0 aliphatic rings. The Morgan fingerprint density at radius 1 is 1.50 bits per heavy atom. The zero-order valence-electron chi connectivity index (χ0n) is 7.79. The monoisotopic (exact) mass is 176 g/mol. The highest BCUT2D eigenvalue weighted by molar-refractivity contribution is 5.66. The smallest absolute Gasteiger partial charge is 0.305 e. The van der Waals surface area contributed by atoms with Crippen LogP contribution in [0.2, 0.25) is 0 Å². The predicted octanol–water partition coefficient (Wildman–Crippen LogP) is 1.60. The minimum Gasteiger partial charge on any atom is -0.481 e. The molecule has 0 aromatic rings. The van der Waals surface area contributed by atoms with Crippen LogP contribution < -0.4 is 0 Å². The zero-order valence-corrected chi connectivity index (χ0v) is 7.79. The van der Waals surface area contributed by atoms with Gasteiger partial charge in [0.25, 0.3) is 0 Å². The number of carbonyl (C=O) groups is 1. The number of carboxylic acid groups (broad SMARTS) is 1. The van der Waals surface area contributed by atoms with E-state index in [-0.39, 0.29) is 18.6 Å². The van der Waals surface area contributed by atoms with Crippen molar-refractivity contribution in [3.05, 3.63) is 0 Å². The van der Waals surface area contributed by atoms with Gasteiger partial charge in [0, 0.05) is 0 Å². The first-order chi connectivity index (χ1) is 5.48. The molecule has 4 nitrogen and oxygen atoms in total. The van der Waals surface area contributed by atoms with Gasteiger partial charge in [-0.2, -0.15) is 0 Å². The molecule has 0 spiro atoms. The maximum Gasteiger partial charge on any atom is 0.305 e. The first-order valence-corrected chi connectivity index (χ1v) is 4.00. The third-order valence-corrected chi connectivity index (χ3v) is 1.54. The fourth-order valence-electron chi connectivity index (χ4n) is 0.389. The van der Waals surface area contributed by atoms with Crippen molar-refractivity contribution in [1.29, 1.82) is 0 Å². The number of hydrogen-bond donors (Lipinski definition) is 1. The third-order valence-electron chi connectivity index (χ3n) is 1.54. The van der Waals surface area contributed by atoms with Crippen LogP contribution in [0.5, 0.6) is 0 Å². The lowest BCUT2D eigenvalue weighted by Gasteiger charge is -2.20. The highest BCUT2D eigenvalue weighted by atomic mass is 17.2. The molecule has 0 saturated carbocycles. The van der Waals surface area contributed by atoms with Gasteiger partial charge < -0.3 is 5.11 Å². The normalized spacial score (nSPS) is 11.6. The Balaban J connectivity index is 3.37. The van der Waals surface area contributed by atoms with E-state index >= 15 is 0 Å². The van der Waals surface area contributed by atoms with E-state index in [0.717, 1.165) is 6.42 Å². The van der Waals surface area contributed by atoms with E-state index < -0.39 is 5.97 Å². The summed E-state index contributed by atoms with van der Waals surface area (Å²) in [4.78, 5) is 19.7. The third kappa shape index (κ3) is 6.12. The fraction of sp³-hybridized carbons (Fsp3) is 0.875. The maximum absolute atomic E-state index is 10.1. The van der Waals surface area contributed by atoms with Crippen LogP contribution in [0.15, 0.2) is 0 Å². The second kappa shape index (κ2) is 5.11. The minimum absolute atomic E-state index is 0.0280. The van der Waals surface area contributed by atoms with E-state index in [4.69, 9.17) is 14.9 Å². The summed E-state index contributed by atoms with van der Waals surface area (Å²) in [7, 11) is 0. The minimum atomic E-state index is -0.882. The van der Waals surface area contributed by atoms with Gasteiger partial charge >= 0.3 is 5.97 Å². The lowest BCUT2D eigenvalue weighted by atomic mass is 10.1. The van der Waals surface area contributed by atoms with E-state index in [1.165, 1.54) is 0 Å². The average molecular weight is 176 g/mol. The molecule has 72 valence electrons. The fourth-order valence-corrected chi connectivity index (χ4v) is 0.389. The standard InChI is InChI=1S/C8H16O4/c1-4-8(2,3)12-11-6-5-7(9)10/h4-6H2,1-3H3,(H,9,10). The van der Waals surface area contributed by atoms with E-state index in [0.29, 0.717) is 0 Å². The van der Waals surface area contributed by atoms with Crippen LogP contribution in [0.3, 0.4) is 0 Å². The predicted molar refractivity (Wildman–Crippen MR) is 43.7 cm³/mol. The van der Waals surface area contributed by atoms with Gasteiger partial charge in [-0.25, -0.2) is 9.78 Å². The number of rotatable bonds is 6. The molecule has 0 atom stereocenters. The molecule has 12 heavy (non-hydrogen) atoms. The lowest BCUT2D eigenvalue weighted by molar-refractivity contribution is -0.353. The number of hydrogen-bond acceptors (Lipinski definition) is 3. The zero-order chi connectivity index (χ0) is 9.61. The Bertz CT molecular complexity index is 142. The first kappa shape index (κ1) is 11.4. The molecule has 0 saturated heterocycles. The molecule has 1 N–H and O–H groups in total. The SMILES string of the molecule is CCC(C)(C)OOCCC(=O)O. The van der Waals surface area contributed by atoms with Crippen molar-refractivity contribution in [2.75, 3.05) is 6.61 Å². The van der Waals surface area contributed by atoms with Gasteiger partial charge in [-0.3, -0.25) is 4.79 Å². The first-order valence-electron chi connectivity index (χ1n) is 4.00. The molecule has 0 heterocycles. The molecule has 0 aliphatic heterocycles. The molecule has 0 radical (unpaired) electrons. The van der Waals surface area contributed by atoms with Crippen LogP contribution in [0.1, 0.15) is 33.6 Å². The summed E-state index contributed by atoms with van der Waals surface area (Å²) < 4.78 is 0.